The van der Waals surface area contributed by atoms with Crippen molar-refractivity contribution in [2.24, 2.45) is 0 Å². The molecule has 4 aromatic carbocycles. The highest BCUT2D eigenvalue weighted by molar-refractivity contribution is 5.93. The summed E-state index contributed by atoms with van der Waals surface area (Å²) >= 11 is 0. The van der Waals surface area contributed by atoms with Gasteiger partial charge in [-0.05, 0) is 65.8 Å². The second-order valence-electron chi connectivity index (χ2n) is 14.4. The van der Waals surface area contributed by atoms with Crippen molar-refractivity contribution in [2.45, 2.75) is 76.4 Å². The van der Waals surface area contributed by atoms with E-state index < -0.39 is 23.9 Å². The third-order valence-corrected chi connectivity index (χ3v) is 10.8. The van der Waals surface area contributed by atoms with E-state index in [9.17, 15) is 19.5 Å². The first-order valence-corrected chi connectivity index (χ1v) is 18.7. The number of carbonyl (C=O) groups excluding carboxylic acids is 3. The van der Waals surface area contributed by atoms with Gasteiger partial charge in [-0.1, -0.05) is 84.9 Å². The highest BCUT2D eigenvalue weighted by atomic mass is 16.7. The van der Waals surface area contributed by atoms with Crippen LogP contribution < -0.4 is 15.5 Å². The fourth-order valence-corrected chi connectivity index (χ4v) is 7.79. The number of benzene rings is 4. The average Bonchev–Trinajstić information content (AvgIpc) is 3.52. The molecule has 11 heteroatoms. The van der Waals surface area contributed by atoms with Gasteiger partial charge in [-0.2, -0.15) is 0 Å². The van der Waals surface area contributed by atoms with Crippen molar-refractivity contribution in [3.05, 3.63) is 125 Å². The van der Waals surface area contributed by atoms with Crippen LogP contribution in [-0.4, -0.2) is 71.8 Å². The van der Waals surface area contributed by atoms with Crippen molar-refractivity contribution >= 4 is 23.5 Å². The first-order valence-electron chi connectivity index (χ1n) is 18.7. The maximum atomic E-state index is 13.3. The highest BCUT2D eigenvalue weighted by Gasteiger charge is 2.50. The lowest BCUT2D eigenvalue weighted by Crippen LogP contribution is -2.57. The van der Waals surface area contributed by atoms with Gasteiger partial charge in [0.2, 0.25) is 5.91 Å². The monoisotopic (exact) mass is 732 g/mol. The molecule has 54 heavy (non-hydrogen) atoms. The quantitative estimate of drug-likeness (QED) is 0.174. The molecule has 2 amide bonds. The van der Waals surface area contributed by atoms with E-state index in [1.165, 1.54) is 6.92 Å². The van der Waals surface area contributed by atoms with Gasteiger partial charge >= 0.3 is 5.97 Å². The zero-order chi connectivity index (χ0) is 37.7. The number of rotatable bonds is 11. The average molecular weight is 733 g/mol. The molecule has 0 saturated carbocycles. The molecule has 1 spiro atoms. The first-order chi connectivity index (χ1) is 26.2. The number of nitrogens with zero attached hydrogens (tertiary/aromatic N) is 2. The Morgan fingerprint density at radius 2 is 1.63 bits per heavy atom. The van der Waals surface area contributed by atoms with Crippen molar-refractivity contribution < 1.29 is 33.7 Å². The topological polar surface area (TPSA) is 130 Å². The van der Waals surface area contributed by atoms with Crippen LogP contribution in [0, 0.1) is 0 Å². The molecule has 7 rings (SSSR count). The molecule has 0 aromatic heterocycles. The summed E-state index contributed by atoms with van der Waals surface area (Å²) in [4.78, 5) is 41.5. The molecule has 3 aliphatic heterocycles. The van der Waals surface area contributed by atoms with Crippen LogP contribution in [0.5, 0.6) is 0 Å². The van der Waals surface area contributed by atoms with Gasteiger partial charge in [0.1, 0.15) is 5.54 Å². The molecule has 3 heterocycles. The van der Waals surface area contributed by atoms with Crippen LogP contribution in [0.1, 0.15) is 67.8 Å². The molecule has 282 valence electrons. The molecule has 3 aliphatic rings. The summed E-state index contributed by atoms with van der Waals surface area (Å²) in [6, 6.07) is 34.2. The number of ether oxygens (including phenoxy) is 3. The van der Waals surface area contributed by atoms with Gasteiger partial charge in [0.05, 0.1) is 25.5 Å². The molecular formula is C43H48N4O7. The van der Waals surface area contributed by atoms with Gasteiger partial charge in [0.25, 0.3) is 5.91 Å². The number of amides is 2. The highest BCUT2D eigenvalue weighted by Crippen LogP contribution is 2.40. The van der Waals surface area contributed by atoms with E-state index in [1.807, 2.05) is 91.0 Å². The lowest BCUT2D eigenvalue weighted by molar-refractivity contribution is -0.253. The summed E-state index contributed by atoms with van der Waals surface area (Å²) in [5.74, 6) is -0.748. The number of hydrogen-bond acceptors (Lipinski definition) is 9. The molecule has 11 nitrogen and oxygen atoms in total. The Balaban J connectivity index is 1.03. The van der Waals surface area contributed by atoms with E-state index in [4.69, 9.17) is 14.2 Å². The molecule has 3 saturated heterocycles. The van der Waals surface area contributed by atoms with Gasteiger partial charge in [-0.25, -0.2) is 0 Å². The molecule has 3 fully saturated rings. The maximum Gasteiger partial charge on any atom is 0.303 e. The summed E-state index contributed by atoms with van der Waals surface area (Å²) in [7, 11) is 0. The Labute approximate surface area is 316 Å². The number of hydrogen-bond donors (Lipinski definition) is 3. The molecule has 4 atom stereocenters. The number of carbonyl (C=O) groups is 3. The van der Waals surface area contributed by atoms with Crippen LogP contribution in [0.4, 0.5) is 5.69 Å². The Morgan fingerprint density at radius 3 is 2.33 bits per heavy atom. The number of esters is 1. The number of nitrogens with one attached hydrogen (secondary N) is 2. The molecule has 4 aromatic rings. The summed E-state index contributed by atoms with van der Waals surface area (Å²) in [5, 5.41) is 15.6. The van der Waals surface area contributed by atoms with E-state index in [-0.39, 0.29) is 30.6 Å². The smallest absolute Gasteiger partial charge is 0.303 e. The first kappa shape index (κ1) is 37.3. The molecule has 0 aliphatic carbocycles. The number of piperidine rings is 1. The van der Waals surface area contributed by atoms with Crippen molar-refractivity contribution in [2.75, 3.05) is 31.2 Å². The minimum absolute atomic E-state index is 0.0183. The van der Waals surface area contributed by atoms with Crippen molar-refractivity contribution in [1.29, 1.82) is 0 Å². The lowest BCUT2D eigenvalue weighted by atomic mass is 9.85. The van der Waals surface area contributed by atoms with Gasteiger partial charge in [-0.3, -0.25) is 14.4 Å². The van der Waals surface area contributed by atoms with Crippen LogP contribution in [0.3, 0.4) is 0 Å². The number of para-hydroxylation sites is 1. The second kappa shape index (κ2) is 16.5. The third kappa shape index (κ3) is 8.34. The minimum Gasteiger partial charge on any atom is -0.453 e. The minimum atomic E-state index is -0.862. The van der Waals surface area contributed by atoms with Crippen LogP contribution in [-0.2, 0) is 41.7 Å². The Kier molecular flexibility index (Phi) is 11.4. The van der Waals surface area contributed by atoms with Gasteiger partial charge < -0.3 is 39.8 Å². The van der Waals surface area contributed by atoms with E-state index in [0.717, 1.165) is 71.5 Å². The Morgan fingerprint density at radius 1 is 0.907 bits per heavy atom. The van der Waals surface area contributed by atoms with E-state index in [2.05, 4.69) is 32.6 Å². The van der Waals surface area contributed by atoms with Crippen LogP contribution >= 0.6 is 0 Å². The molecular weight excluding hydrogens is 684 g/mol. The molecule has 4 unspecified atom stereocenters. The fourth-order valence-electron chi connectivity index (χ4n) is 7.79. The summed E-state index contributed by atoms with van der Waals surface area (Å²) in [6.45, 7) is 5.91. The number of likely N-dealkylation sites (tertiary alicyclic amines) is 1. The molecule has 0 radical (unpaired) electrons. The van der Waals surface area contributed by atoms with Gasteiger partial charge in [-0.15, -0.1) is 0 Å². The predicted octanol–water partition coefficient (Wildman–Crippen LogP) is 5.39. The SMILES string of the molecule is CC(=O)OC(C)C(=O)NCc1cccc(-c2ccc(C3OC(CN4CCC5(CC4)C(=O)NCN5c4ccccc4)CC(c4ccc(CO)cc4)O3)cc2)c1. The standard InChI is InChI=1S/C43H48N4O7/c1-29(52-30(2)49)40(50)44-25-32-7-6-8-36(23-32)33-15-17-35(18-16-33)41-53-38(24-39(54-41)34-13-11-31(27-48)12-14-34)26-46-21-19-43(20-22-46)42(51)45-28-47(43)37-9-4-3-5-10-37/h3-18,23,29,38-39,41,48H,19-22,24-28H2,1-2H3,(H,44,50)(H,45,51). The number of aliphatic hydroxyl groups is 1. The fraction of sp³-hybridized carbons (Fsp3) is 0.372. The van der Waals surface area contributed by atoms with Crippen molar-refractivity contribution in [1.82, 2.24) is 15.5 Å². The molecule has 3 N–H and O–H groups in total. The van der Waals surface area contributed by atoms with Crippen molar-refractivity contribution in [3.8, 4) is 11.1 Å². The van der Waals surface area contributed by atoms with E-state index >= 15 is 0 Å². The van der Waals surface area contributed by atoms with Gasteiger partial charge in [0, 0.05) is 50.8 Å². The predicted molar refractivity (Wildman–Crippen MR) is 204 cm³/mol. The second-order valence-corrected chi connectivity index (χ2v) is 14.4. The normalized spacial score (nSPS) is 21.7. The van der Waals surface area contributed by atoms with Crippen LogP contribution in [0.2, 0.25) is 0 Å². The van der Waals surface area contributed by atoms with E-state index in [1.54, 1.807) is 6.92 Å². The zero-order valence-corrected chi connectivity index (χ0v) is 30.8. The summed E-state index contributed by atoms with van der Waals surface area (Å²) in [5.41, 5.74) is 6.22. The maximum absolute atomic E-state index is 13.3. The van der Waals surface area contributed by atoms with E-state index in [0.29, 0.717) is 19.6 Å². The lowest BCUT2D eigenvalue weighted by Gasteiger charge is -2.45. The van der Waals surface area contributed by atoms with Crippen molar-refractivity contribution in [3.63, 3.8) is 0 Å². The van der Waals surface area contributed by atoms with Crippen LogP contribution in [0.15, 0.2) is 103 Å². The van der Waals surface area contributed by atoms with Crippen LogP contribution in [0.25, 0.3) is 11.1 Å². The Hall–Kier alpha value is -5.07. The largest absolute Gasteiger partial charge is 0.453 e. The third-order valence-electron chi connectivity index (χ3n) is 10.8. The number of aliphatic hydroxyl groups excluding tert-OH is 1. The Bertz CT molecular complexity index is 1910. The van der Waals surface area contributed by atoms with Gasteiger partial charge in [0.15, 0.2) is 12.4 Å². The number of anilines is 1. The molecule has 0 bridgehead atoms. The summed E-state index contributed by atoms with van der Waals surface area (Å²) < 4.78 is 18.3. The summed E-state index contributed by atoms with van der Waals surface area (Å²) in [6.07, 6.45) is 0.365. The zero-order valence-electron chi connectivity index (χ0n) is 30.8.